The molecule has 0 saturated heterocycles. The zero-order valence-electron chi connectivity index (χ0n) is 17.9. The van der Waals surface area contributed by atoms with Crippen molar-refractivity contribution in [3.63, 3.8) is 0 Å². The summed E-state index contributed by atoms with van der Waals surface area (Å²) in [5.41, 5.74) is 1.84. The summed E-state index contributed by atoms with van der Waals surface area (Å²) in [6.45, 7) is 0.131. The van der Waals surface area contributed by atoms with Gasteiger partial charge in [-0.25, -0.2) is 9.97 Å². The van der Waals surface area contributed by atoms with Crippen LogP contribution in [0.4, 0.5) is 5.95 Å². The highest BCUT2D eigenvalue weighted by Gasteiger charge is 2.20. The smallest absolute Gasteiger partial charge is 0.257 e. The van der Waals surface area contributed by atoms with Crippen molar-refractivity contribution >= 4 is 22.8 Å². The molecule has 33 heavy (non-hydrogen) atoms. The number of anilines is 1. The predicted molar refractivity (Wildman–Crippen MR) is 122 cm³/mol. The molecule has 0 atom stereocenters. The van der Waals surface area contributed by atoms with Crippen LogP contribution in [0.2, 0.25) is 0 Å². The Labute approximate surface area is 190 Å². The van der Waals surface area contributed by atoms with Gasteiger partial charge in [-0.1, -0.05) is 35.5 Å². The fourth-order valence-corrected chi connectivity index (χ4v) is 3.99. The molecule has 9 nitrogen and oxygen atoms in total. The first-order valence-corrected chi connectivity index (χ1v) is 11.0. The zero-order valence-corrected chi connectivity index (χ0v) is 17.9. The Hall–Kier alpha value is -3.85. The van der Waals surface area contributed by atoms with Crippen molar-refractivity contribution in [2.45, 2.75) is 44.4 Å². The third-order valence-electron chi connectivity index (χ3n) is 5.78. The second-order valence-electron chi connectivity index (χ2n) is 8.15. The molecule has 2 aromatic heterocycles. The lowest BCUT2D eigenvalue weighted by Crippen LogP contribution is -2.29. The highest BCUT2D eigenvalue weighted by Crippen LogP contribution is 2.23. The topological polar surface area (TPSA) is 126 Å². The Morgan fingerprint density at radius 3 is 2.67 bits per heavy atom. The summed E-state index contributed by atoms with van der Waals surface area (Å²) in [5, 5.41) is 20.6. The van der Waals surface area contributed by atoms with Crippen molar-refractivity contribution < 1.29 is 14.4 Å². The number of para-hydroxylation sites is 1. The van der Waals surface area contributed by atoms with Crippen LogP contribution in [0.15, 0.2) is 59.3 Å². The van der Waals surface area contributed by atoms with Crippen molar-refractivity contribution in [1.29, 1.82) is 0 Å². The Balaban J connectivity index is 1.29. The van der Waals surface area contributed by atoms with Crippen molar-refractivity contribution in [3.8, 4) is 11.5 Å². The Kier molecular flexibility index (Phi) is 5.95. The molecule has 1 fully saturated rings. The molecule has 4 aromatic rings. The van der Waals surface area contributed by atoms with Gasteiger partial charge >= 0.3 is 0 Å². The number of nitrogens with one attached hydrogen (secondary N) is 2. The molecule has 0 radical (unpaired) electrons. The largest absolute Gasteiger partial charge is 0.393 e. The number of amides is 1. The molecule has 1 saturated carbocycles. The summed E-state index contributed by atoms with van der Waals surface area (Å²) >= 11 is 0. The van der Waals surface area contributed by atoms with Gasteiger partial charge in [0.2, 0.25) is 5.95 Å². The highest BCUT2D eigenvalue weighted by atomic mass is 16.5. The number of benzene rings is 2. The van der Waals surface area contributed by atoms with Gasteiger partial charge in [-0.3, -0.25) is 4.79 Å². The maximum absolute atomic E-state index is 12.9. The number of nitrogens with zero attached hydrogens (tertiary/aromatic N) is 4. The average Bonchev–Trinajstić information content (AvgIpc) is 3.33. The summed E-state index contributed by atoms with van der Waals surface area (Å²) in [7, 11) is 0. The van der Waals surface area contributed by atoms with Crippen molar-refractivity contribution in [3.05, 3.63) is 66.1 Å². The number of aliphatic hydroxyl groups is 1. The fourth-order valence-electron chi connectivity index (χ4n) is 3.99. The number of aliphatic hydroxyl groups excluding tert-OH is 1. The third kappa shape index (κ3) is 4.83. The van der Waals surface area contributed by atoms with Crippen LogP contribution in [0.25, 0.3) is 22.4 Å². The minimum atomic E-state index is -0.280. The summed E-state index contributed by atoms with van der Waals surface area (Å²) in [5.74, 6) is 0.995. The maximum Gasteiger partial charge on any atom is 0.257 e. The lowest BCUT2D eigenvalue weighted by Gasteiger charge is -2.26. The molecule has 5 rings (SSSR count). The highest BCUT2D eigenvalue weighted by molar-refractivity contribution is 6.05. The summed E-state index contributed by atoms with van der Waals surface area (Å²) in [4.78, 5) is 26.3. The van der Waals surface area contributed by atoms with Gasteiger partial charge < -0.3 is 20.3 Å². The van der Waals surface area contributed by atoms with Gasteiger partial charge in [-0.2, -0.15) is 4.98 Å². The van der Waals surface area contributed by atoms with Crippen LogP contribution >= 0.6 is 0 Å². The van der Waals surface area contributed by atoms with E-state index in [0.717, 1.165) is 36.6 Å². The molecule has 2 heterocycles. The number of aromatic nitrogens is 4. The second kappa shape index (κ2) is 9.33. The second-order valence-corrected chi connectivity index (χ2v) is 8.15. The van der Waals surface area contributed by atoms with E-state index >= 15 is 0 Å². The molecular formula is C24H24N6O3. The average molecular weight is 444 g/mol. The number of carbonyl (C=O) groups is 1. The van der Waals surface area contributed by atoms with E-state index in [-0.39, 0.29) is 24.6 Å². The molecule has 0 spiro atoms. The number of hydrogen-bond acceptors (Lipinski definition) is 8. The third-order valence-corrected chi connectivity index (χ3v) is 5.78. The van der Waals surface area contributed by atoms with Crippen molar-refractivity contribution in [1.82, 2.24) is 25.4 Å². The Morgan fingerprint density at radius 1 is 1.03 bits per heavy atom. The van der Waals surface area contributed by atoms with Gasteiger partial charge in [0.1, 0.15) is 0 Å². The lowest BCUT2D eigenvalue weighted by atomic mass is 9.93. The van der Waals surface area contributed by atoms with E-state index in [1.54, 1.807) is 18.3 Å². The predicted octanol–water partition coefficient (Wildman–Crippen LogP) is 3.33. The van der Waals surface area contributed by atoms with E-state index in [1.165, 1.54) is 0 Å². The van der Waals surface area contributed by atoms with Gasteiger partial charge in [-0.05, 0) is 43.9 Å². The van der Waals surface area contributed by atoms with Crippen LogP contribution in [0.1, 0.15) is 41.9 Å². The summed E-state index contributed by atoms with van der Waals surface area (Å²) < 4.78 is 5.30. The maximum atomic E-state index is 12.9. The van der Waals surface area contributed by atoms with Crippen LogP contribution in [-0.2, 0) is 6.54 Å². The van der Waals surface area contributed by atoms with E-state index in [0.29, 0.717) is 28.7 Å². The van der Waals surface area contributed by atoms with Crippen LogP contribution in [0.5, 0.6) is 0 Å². The van der Waals surface area contributed by atoms with Crippen LogP contribution in [0, 0.1) is 0 Å². The molecular weight excluding hydrogens is 420 g/mol. The minimum absolute atomic E-state index is 0.131. The van der Waals surface area contributed by atoms with Crippen molar-refractivity contribution in [2.75, 3.05) is 5.32 Å². The number of fused-ring (bicyclic) bond motifs is 1. The van der Waals surface area contributed by atoms with Crippen LogP contribution in [0.3, 0.4) is 0 Å². The molecule has 1 amide bonds. The number of carbonyl (C=O) groups excluding carboxylic acids is 1. The van der Waals surface area contributed by atoms with Crippen LogP contribution < -0.4 is 10.6 Å². The first kappa shape index (κ1) is 21.0. The molecule has 168 valence electrons. The Bertz CT molecular complexity index is 1250. The molecule has 3 N–H and O–H groups in total. The van der Waals surface area contributed by atoms with Gasteiger partial charge in [0.25, 0.3) is 11.8 Å². The SMILES string of the molecule is O=C(NCc1noc(-c2ccccc2)n1)c1cccc2cnc(N[C@H]3CC[C@H](O)CC3)nc12. The lowest BCUT2D eigenvalue weighted by molar-refractivity contribution is 0.0951. The van der Waals surface area contributed by atoms with Gasteiger partial charge in [0.05, 0.1) is 23.7 Å². The Morgan fingerprint density at radius 2 is 1.85 bits per heavy atom. The monoisotopic (exact) mass is 444 g/mol. The molecule has 1 aliphatic carbocycles. The van der Waals surface area contributed by atoms with Gasteiger partial charge in [-0.15, -0.1) is 0 Å². The van der Waals surface area contributed by atoms with Gasteiger partial charge in [0.15, 0.2) is 5.82 Å². The van der Waals surface area contributed by atoms with E-state index in [9.17, 15) is 9.90 Å². The fraction of sp³-hybridized carbons (Fsp3) is 0.292. The molecule has 0 unspecified atom stereocenters. The first-order valence-electron chi connectivity index (χ1n) is 11.0. The van der Waals surface area contributed by atoms with E-state index < -0.39 is 0 Å². The van der Waals surface area contributed by atoms with Crippen LogP contribution in [-0.4, -0.2) is 43.3 Å². The van der Waals surface area contributed by atoms with E-state index in [4.69, 9.17) is 4.52 Å². The first-order chi connectivity index (χ1) is 16.2. The molecule has 2 aromatic carbocycles. The normalized spacial score (nSPS) is 18.2. The number of rotatable bonds is 6. The molecule has 9 heteroatoms. The van der Waals surface area contributed by atoms with Gasteiger partial charge in [0, 0.05) is 23.2 Å². The number of hydrogen-bond donors (Lipinski definition) is 3. The quantitative estimate of drug-likeness (QED) is 0.413. The van der Waals surface area contributed by atoms with E-state index in [2.05, 4.69) is 30.7 Å². The minimum Gasteiger partial charge on any atom is -0.393 e. The summed E-state index contributed by atoms with van der Waals surface area (Å²) in [6, 6.07) is 15.1. The zero-order chi connectivity index (χ0) is 22.6. The molecule has 1 aliphatic rings. The van der Waals surface area contributed by atoms with Crippen molar-refractivity contribution in [2.24, 2.45) is 0 Å². The van der Waals surface area contributed by atoms with E-state index in [1.807, 2.05) is 36.4 Å². The standard InChI is InChI=1S/C24H24N6O3/c31-18-11-9-17(10-12-18)27-24-26-13-16-7-4-8-19(21(16)29-24)22(32)25-14-20-28-23(33-30-20)15-5-2-1-3-6-15/h1-8,13,17-18,31H,9-12,14H2,(H,25,32)(H,26,27,29)/t17-,18-. The molecule has 0 aliphatic heterocycles. The molecule has 0 bridgehead atoms. The summed E-state index contributed by atoms with van der Waals surface area (Å²) in [6.07, 6.45) is 4.74.